The van der Waals surface area contributed by atoms with Crippen LogP contribution in [-0.4, -0.2) is 48.7 Å². The summed E-state index contributed by atoms with van der Waals surface area (Å²) in [5.74, 6) is -0.674. The normalized spacial score (nSPS) is 16.3. The van der Waals surface area contributed by atoms with E-state index in [2.05, 4.69) is 4.90 Å². The lowest BCUT2D eigenvalue weighted by atomic mass is 10.2. The molecular formula is C18H20FN3O4S. The number of nitro benzene ring substituents is 1. The Bertz CT molecular complexity index is 910. The van der Waals surface area contributed by atoms with E-state index in [0.717, 1.165) is 5.56 Å². The average Bonchev–Trinajstić information content (AvgIpc) is 2.64. The van der Waals surface area contributed by atoms with Crippen LogP contribution in [0.1, 0.15) is 11.1 Å². The van der Waals surface area contributed by atoms with E-state index in [0.29, 0.717) is 32.7 Å². The van der Waals surface area contributed by atoms with Crippen LogP contribution in [0.25, 0.3) is 0 Å². The Morgan fingerprint density at radius 3 is 2.26 bits per heavy atom. The summed E-state index contributed by atoms with van der Waals surface area (Å²) >= 11 is 0. The van der Waals surface area contributed by atoms with Gasteiger partial charge in [-0.05, 0) is 17.7 Å². The number of hydrogen-bond acceptors (Lipinski definition) is 5. The summed E-state index contributed by atoms with van der Waals surface area (Å²) in [4.78, 5) is 12.6. The van der Waals surface area contributed by atoms with Crippen molar-refractivity contribution in [2.45, 2.75) is 12.3 Å². The highest BCUT2D eigenvalue weighted by Gasteiger charge is 2.29. The highest BCUT2D eigenvalue weighted by molar-refractivity contribution is 7.88. The third kappa shape index (κ3) is 4.88. The molecule has 0 saturated carbocycles. The van der Waals surface area contributed by atoms with Gasteiger partial charge < -0.3 is 0 Å². The van der Waals surface area contributed by atoms with E-state index < -0.39 is 14.9 Å². The largest absolute Gasteiger partial charge is 0.296 e. The molecule has 0 bridgehead atoms. The average molecular weight is 393 g/mol. The monoisotopic (exact) mass is 393 g/mol. The molecule has 0 atom stereocenters. The standard InChI is InChI=1S/C18H20FN3O4S/c19-17-7-5-15(6-8-17)13-20-9-11-21(12-10-20)27(25,26)14-16-3-1-2-4-18(16)22(23)24/h1-8H,9-14H2. The number of halogens is 1. The summed E-state index contributed by atoms with van der Waals surface area (Å²) < 4.78 is 39.7. The van der Waals surface area contributed by atoms with E-state index in [4.69, 9.17) is 0 Å². The topological polar surface area (TPSA) is 83.8 Å². The third-order valence-corrected chi connectivity index (χ3v) is 6.40. The molecule has 0 aromatic heterocycles. The maximum Gasteiger partial charge on any atom is 0.273 e. The molecule has 0 radical (unpaired) electrons. The van der Waals surface area contributed by atoms with Gasteiger partial charge in [0.1, 0.15) is 5.82 Å². The van der Waals surface area contributed by atoms with Crippen molar-refractivity contribution in [1.29, 1.82) is 0 Å². The number of nitrogens with zero attached hydrogens (tertiary/aromatic N) is 3. The van der Waals surface area contributed by atoms with Crippen molar-refractivity contribution >= 4 is 15.7 Å². The maximum atomic E-state index is 13.0. The Morgan fingerprint density at radius 2 is 1.63 bits per heavy atom. The minimum Gasteiger partial charge on any atom is -0.296 e. The van der Waals surface area contributed by atoms with Crippen LogP contribution in [0, 0.1) is 15.9 Å². The summed E-state index contributed by atoms with van der Waals surface area (Å²) in [6.07, 6.45) is 0. The Balaban J connectivity index is 1.61. The maximum absolute atomic E-state index is 13.0. The molecule has 2 aromatic rings. The van der Waals surface area contributed by atoms with Crippen molar-refractivity contribution in [3.63, 3.8) is 0 Å². The fourth-order valence-corrected chi connectivity index (χ4v) is 4.65. The van der Waals surface area contributed by atoms with Gasteiger partial charge in [-0.1, -0.05) is 30.3 Å². The summed E-state index contributed by atoms with van der Waals surface area (Å²) in [6.45, 7) is 2.37. The Morgan fingerprint density at radius 1 is 1.00 bits per heavy atom. The molecule has 144 valence electrons. The molecule has 1 fully saturated rings. The van der Waals surface area contributed by atoms with Crippen molar-refractivity contribution in [3.8, 4) is 0 Å². The van der Waals surface area contributed by atoms with Crippen molar-refractivity contribution in [2.75, 3.05) is 26.2 Å². The molecule has 1 aliphatic rings. The zero-order valence-electron chi connectivity index (χ0n) is 14.6. The van der Waals surface area contributed by atoms with E-state index in [9.17, 15) is 22.9 Å². The van der Waals surface area contributed by atoms with Crippen LogP contribution in [0.15, 0.2) is 48.5 Å². The molecule has 7 nitrogen and oxygen atoms in total. The first-order chi connectivity index (χ1) is 12.8. The smallest absolute Gasteiger partial charge is 0.273 e. The van der Waals surface area contributed by atoms with E-state index in [-0.39, 0.29) is 22.8 Å². The van der Waals surface area contributed by atoms with Crippen LogP contribution in [0.3, 0.4) is 0 Å². The molecule has 1 heterocycles. The lowest BCUT2D eigenvalue weighted by Gasteiger charge is -2.34. The predicted octanol–water partition coefficient (Wildman–Crippen LogP) is 2.38. The molecule has 9 heteroatoms. The summed E-state index contributed by atoms with van der Waals surface area (Å²) in [5, 5.41) is 11.1. The Labute approximate surface area is 157 Å². The number of rotatable bonds is 6. The van der Waals surface area contributed by atoms with E-state index >= 15 is 0 Å². The van der Waals surface area contributed by atoms with Crippen LogP contribution in [0.4, 0.5) is 10.1 Å². The number of piperazine rings is 1. The number of hydrogen-bond donors (Lipinski definition) is 0. The fourth-order valence-electron chi connectivity index (χ4n) is 3.11. The molecule has 0 unspecified atom stereocenters. The fraction of sp³-hybridized carbons (Fsp3) is 0.333. The predicted molar refractivity (Wildman–Crippen MR) is 99.0 cm³/mol. The molecule has 27 heavy (non-hydrogen) atoms. The minimum atomic E-state index is -3.64. The van der Waals surface area contributed by atoms with Crippen molar-refractivity contribution < 1.29 is 17.7 Å². The SMILES string of the molecule is O=[N+]([O-])c1ccccc1CS(=O)(=O)N1CCN(Cc2ccc(F)cc2)CC1. The molecular weight excluding hydrogens is 373 g/mol. The van der Waals surface area contributed by atoms with Gasteiger partial charge in [0.05, 0.1) is 10.7 Å². The van der Waals surface area contributed by atoms with Gasteiger partial charge in [0.2, 0.25) is 10.0 Å². The Kier molecular flexibility index (Phi) is 5.83. The second kappa shape index (κ2) is 8.12. The van der Waals surface area contributed by atoms with Gasteiger partial charge >= 0.3 is 0 Å². The van der Waals surface area contributed by atoms with Crippen LogP contribution < -0.4 is 0 Å². The highest BCUT2D eigenvalue weighted by Crippen LogP contribution is 2.22. The van der Waals surface area contributed by atoms with E-state index in [1.54, 1.807) is 18.2 Å². The van der Waals surface area contributed by atoms with Gasteiger partial charge in [0.25, 0.3) is 5.69 Å². The number of nitro groups is 1. The van der Waals surface area contributed by atoms with Gasteiger partial charge in [-0.25, -0.2) is 12.8 Å². The first kappa shape index (κ1) is 19.4. The molecule has 2 aromatic carbocycles. The first-order valence-corrected chi connectivity index (χ1v) is 10.1. The highest BCUT2D eigenvalue weighted by atomic mass is 32.2. The van der Waals surface area contributed by atoms with E-state index in [1.807, 2.05) is 0 Å². The van der Waals surface area contributed by atoms with Crippen LogP contribution >= 0.6 is 0 Å². The summed E-state index contributed by atoms with van der Waals surface area (Å²) in [5.41, 5.74) is 0.972. The molecule has 0 amide bonds. The number of sulfonamides is 1. The first-order valence-electron chi connectivity index (χ1n) is 8.52. The summed E-state index contributed by atoms with van der Waals surface area (Å²) in [6, 6.07) is 12.1. The summed E-state index contributed by atoms with van der Waals surface area (Å²) in [7, 11) is -3.64. The van der Waals surface area contributed by atoms with Gasteiger partial charge in [-0.3, -0.25) is 15.0 Å². The van der Waals surface area contributed by atoms with Crippen LogP contribution in [-0.2, 0) is 22.3 Å². The van der Waals surface area contributed by atoms with Gasteiger partial charge in [0, 0.05) is 44.4 Å². The molecule has 0 aliphatic carbocycles. The second-order valence-electron chi connectivity index (χ2n) is 6.44. The lowest BCUT2D eigenvalue weighted by Crippen LogP contribution is -2.48. The van der Waals surface area contributed by atoms with Crippen molar-refractivity contribution in [1.82, 2.24) is 9.21 Å². The van der Waals surface area contributed by atoms with Gasteiger partial charge in [0.15, 0.2) is 0 Å². The van der Waals surface area contributed by atoms with Crippen molar-refractivity contribution in [3.05, 3.63) is 75.6 Å². The number of para-hydroxylation sites is 1. The third-order valence-electron chi connectivity index (χ3n) is 4.57. The van der Waals surface area contributed by atoms with Crippen molar-refractivity contribution in [2.24, 2.45) is 0 Å². The second-order valence-corrected chi connectivity index (χ2v) is 8.41. The zero-order chi connectivity index (χ0) is 19.4. The number of benzene rings is 2. The molecule has 0 N–H and O–H groups in total. The quantitative estimate of drug-likeness (QED) is 0.556. The molecule has 3 rings (SSSR count). The zero-order valence-corrected chi connectivity index (χ0v) is 15.4. The van der Waals surface area contributed by atoms with Gasteiger partial charge in [-0.15, -0.1) is 0 Å². The Hall–Kier alpha value is -2.36. The molecule has 1 aliphatic heterocycles. The van der Waals surface area contributed by atoms with E-state index in [1.165, 1.54) is 34.6 Å². The lowest BCUT2D eigenvalue weighted by molar-refractivity contribution is -0.385. The molecule has 1 saturated heterocycles. The minimum absolute atomic E-state index is 0.184. The van der Waals surface area contributed by atoms with Gasteiger partial charge in [-0.2, -0.15) is 4.31 Å². The van der Waals surface area contributed by atoms with Crippen LogP contribution in [0.2, 0.25) is 0 Å². The van der Waals surface area contributed by atoms with Crippen LogP contribution in [0.5, 0.6) is 0 Å². The molecule has 0 spiro atoms.